The van der Waals surface area contributed by atoms with Gasteiger partial charge in [-0.3, -0.25) is 4.52 Å². The molecule has 0 saturated carbocycles. The molecule has 0 spiro atoms. The molecule has 0 heterocycles. The van der Waals surface area contributed by atoms with Crippen molar-refractivity contribution in [3.63, 3.8) is 0 Å². The van der Waals surface area contributed by atoms with Gasteiger partial charge in [-0.05, 0) is 41.5 Å². The van der Waals surface area contributed by atoms with Gasteiger partial charge < -0.3 is 14.7 Å². The third-order valence-corrected chi connectivity index (χ3v) is 5.81. The smallest absolute Gasteiger partial charge is 0.312 e. The highest BCUT2D eigenvalue weighted by molar-refractivity contribution is 7.65. The van der Waals surface area contributed by atoms with Crippen LogP contribution < -0.4 is 0 Å². The van der Waals surface area contributed by atoms with Crippen LogP contribution in [0.5, 0.6) is 0 Å². The molecule has 0 fully saturated rings. The highest BCUT2D eigenvalue weighted by atomic mass is 31.3. The molecule has 17 heavy (non-hydrogen) atoms. The molecule has 1 unspecified atom stereocenters. The number of hydrogen-bond acceptors (Lipinski definition) is 3. The molecule has 0 aromatic rings. The van der Waals surface area contributed by atoms with Crippen LogP contribution in [0.4, 0.5) is 0 Å². The minimum Gasteiger partial charge on any atom is -0.312 e. The molecule has 0 amide bonds. The minimum atomic E-state index is -4.91. The molecule has 0 aliphatic rings. The molecule has 3 N–H and O–H groups in total. The Bertz CT molecular complexity index is 363. The Hall–Kier alpha value is 0.260. The first-order valence-electron chi connectivity index (χ1n) is 4.98. The fraction of sp³-hybridized carbons (Fsp3) is 1.00. The molecule has 0 saturated heterocycles. The van der Waals surface area contributed by atoms with Crippen LogP contribution in [0.15, 0.2) is 0 Å². The lowest BCUT2D eigenvalue weighted by molar-refractivity contribution is 0.0822. The Morgan fingerprint density at radius 1 is 0.941 bits per heavy atom. The normalized spacial score (nSPS) is 18.2. The van der Waals surface area contributed by atoms with Gasteiger partial charge in [0.25, 0.3) is 0 Å². The average molecular weight is 289 g/mol. The van der Waals surface area contributed by atoms with Crippen molar-refractivity contribution in [3.8, 4) is 0 Å². The van der Waals surface area contributed by atoms with E-state index in [-0.39, 0.29) is 4.44 Å². The van der Waals surface area contributed by atoms with E-state index in [1.165, 1.54) is 41.5 Å². The van der Waals surface area contributed by atoms with Gasteiger partial charge in [-0.15, -0.1) is 4.44 Å². The van der Waals surface area contributed by atoms with Crippen LogP contribution in [-0.2, 0) is 13.7 Å². The van der Waals surface area contributed by atoms with E-state index in [1.54, 1.807) is 0 Å². The maximum absolute atomic E-state index is 12.0. The predicted molar refractivity (Wildman–Crippen MR) is 64.3 cm³/mol. The number of nitrogens with zero attached hydrogens (tertiary/aromatic N) is 1. The summed E-state index contributed by atoms with van der Waals surface area (Å²) < 4.78 is 28.4. The van der Waals surface area contributed by atoms with Gasteiger partial charge in [-0.2, -0.15) is 0 Å². The molecular weight excluding hydrogens is 268 g/mol. The minimum absolute atomic E-state index is 0.220. The highest BCUT2D eigenvalue weighted by Crippen LogP contribution is 2.65. The highest BCUT2D eigenvalue weighted by Gasteiger charge is 2.50. The molecule has 0 aromatic carbocycles. The molecule has 0 radical (unpaired) electrons. The first-order chi connectivity index (χ1) is 7.07. The Kier molecular flexibility index (Phi) is 4.81. The fourth-order valence-corrected chi connectivity index (χ4v) is 4.93. The van der Waals surface area contributed by atoms with Crippen LogP contribution in [0.3, 0.4) is 0 Å². The van der Waals surface area contributed by atoms with E-state index in [9.17, 15) is 23.8 Å². The van der Waals surface area contributed by atoms with Gasteiger partial charge in [0.15, 0.2) is 0 Å². The SMILES string of the molecule is CC(C)(C)OP(=O)(O)N(C(C)(C)C)P(=O)(O)O. The van der Waals surface area contributed by atoms with E-state index in [1.807, 2.05) is 0 Å². The van der Waals surface area contributed by atoms with E-state index in [2.05, 4.69) is 0 Å². The van der Waals surface area contributed by atoms with E-state index in [0.29, 0.717) is 0 Å². The second-order valence-corrected chi connectivity index (χ2v) is 8.97. The maximum atomic E-state index is 12.0. The second-order valence-electron chi connectivity index (χ2n) is 5.67. The van der Waals surface area contributed by atoms with Crippen molar-refractivity contribution >= 4 is 15.5 Å². The van der Waals surface area contributed by atoms with Gasteiger partial charge in [0.2, 0.25) is 0 Å². The molecule has 9 heteroatoms. The lowest BCUT2D eigenvalue weighted by Gasteiger charge is -2.38. The fourth-order valence-electron chi connectivity index (χ4n) is 1.31. The van der Waals surface area contributed by atoms with Crippen LogP contribution in [-0.4, -0.2) is 30.3 Å². The summed E-state index contributed by atoms with van der Waals surface area (Å²) in [5.41, 5.74) is -2.21. The lowest BCUT2D eigenvalue weighted by Crippen LogP contribution is -2.38. The van der Waals surface area contributed by atoms with Crippen molar-refractivity contribution in [2.24, 2.45) is 0 Å². The first-order valence-corrected chi connectivity index (χ1v) is 8.07. The summed E-state index contributed by atoms with van der Waals surface area (Å²) >= 11 is 0. The molecular formula is C8H21NO6P2. The molecule has 1 atom stereocenters. The summed E-state index contributed by atoms with van der Waals surface area (Å²) in [7, 11) is -9.51. The van der Waals surface area contributed by atoms with E-state index < -0.39 is 26.6 Å². The average Bonchev–Trinajstić information content (AvgIpc) is 1.66. The Morgan fingerprint density at radius 3 is 1.47 bits per heavy atom. The van der Waals surface area contributed by atoms with Crippen LogP contribution in [0.2, 0.25) is 0 Å². The van der Waals surface area contributed by atoms with Crippen molar-refractivity contribution in [1.29, 1.82) is 0 Å². The third kappa shape index (κ3) is 5.62. The van der Waals surface area contributed by atoms with Gasteiger partial charge >= 0.3 is 15.5 Å². The first kappa shape index (κ1) is 17.3. The van der Waals surface area contributed by atoms with Crippen molar-refractivity contribution < 1.29 is 28.3 Å². The summed E-state index contributed by atoms with van der Waals surface area (Å²) in [6.07, 6.45) is 0. The quantitative estimate of drug-likeness (QED) is 0.683. The zero-order valence-corrected chi connectivity index (χ0v) is 12.7. The van der Waals surface area contributed by atoms with Gasteiger partial charge in [0.05, 0.1) is 5.60 Å². The van der Waals surface area contributed by atoms with Crippen LogP contribution in [0, 0.1) is 0 Å². The van der Waals surface area contributed by atoms with Gasteiger partial charge in [-0.1, -0.05) is 0 Å². The third-order valence-electron chi connectivity index (χ3n) is 1.48. The van der Waals surface area contributed by atoms with Crippen molar-refractivity contribution in [1.82, 2.24) is 4.44 Å². The molecule has 104 valence electrons. The van der Waals surface area contributed by atoms with Gasteiger partial charge in [0.1, 0.15) is 0 Å². The molecule has 0 aromatic heterocycles. The van der Waals surface area contributed by atoms with E-state index >= 15 is 0 Å². The Balaban J connectivity index is 5.51. The lowest BCUT2D eigenvalue weighted by atomic mass is 10.1. The van der Waals surface area contributed by atoms with Crippen molar-refractivity contribution in [3.05, 3.63) is 0 Å². The van der Waals surface area contributed by atoms with Gasteiger partial charge in [-0.25, -0.2) is 9.13 Å². The molecule has 0 aliphatic heterocycles. The van der Waals surface area contributed by atoms with Gasteiger partial charge in [0, 0.05) is 5.54 Å². The monoisotopic (exact) mass is 289 g/mol. The second kappa shape index (κ2) is 4.74. The molecule has 0 bridgehead atoms. The number of rotatable bonds is 3. The molecule has 0 rings (SSSR count). The maximum Gasteiger partial charge on any atom is 0.416 e. The van der Waals surface area contributed by atoms with Crippen molar-refractivity contribution in [2.75, 3.05) is 0 Å². The topological polar surface area (TPSA) is 107 Å². The zero-order chi connectivity index (χ0) is 14.3. The largest absolute Gasteiger partial charge is 0.416 e. The zero-order valence-electron chi connectivity index (χ0n) is 10.9. The summed E-state index contributed by atoms with van der Waals surface area (Å²) in [6, 6.07) is 0. The van der Waals surface area contributed by atoms with E-state index in [0.717, 1.165) is 0 Å². The summed E-state index contributed by atoms with van der Waals surface area (Å²) in [6.45, 7) is 8.83. The standard InChI is InChI=1S/C8H21NO6P2/c1-7(2,3)9(16(10,11)12)17(13,14)15-8(4,5)6/h1-6H3,(H,13,14)(H2,10,11,12). The molecule has 7 nitrogen and oxygen atoms in total. The Morgan fingerprint density at radius 2 is 1.29 bits per heavy atom. The predicted octanol–water partition coefficient (Wildman–Crippen LogP) is 2.10. The molecule has 0 aliphatic carbocycles. The summed E-state index contributed by atoms with van der Waals surface area (Å²) in [5.74, 6) is 0. The Labute approximate surface area is 102 Å². The van der Waals surface area contributed by atoms with Crippen LogP contribution in [0.1, 0.15) is 41.5 Å². The van der Waals surface area contributed by atoms with Crippen LogP contribution in [0.25, 0.3) is 0 Å². The van der Waals surface area contributed by atoms with Crippen molar-refractivity contribution in [2.45, 2.75) is 52.7 Å². The van der Waals surface area contributed by atoms with Crippen LogP contribution >= 0.6 is 15.5 Å². The number of hydrogen-bond donors (Lipinski definition) is 3. The summed E-state index contributed by atoms with van der Waals surface area (Å²) in [4.78, 5) is 28.1. The van der Waals surface area contributed by atoms with E-state index in [4.69, 9.17) is 4.52 Å². The summed E-state index contributed by atoms with van der Waals surface area (Å²) in [5, 5.41) is 0.